The van der Waals surface area contributed by atoms with E-state index in [1.807, 2.05) is 0 Å². The highest BCUT2D eigenvalue weighted by Gasteiger charge is 2.09. The fourth-order valence-corrected chi connectivity index (χ4v) is 2.73. The molecule has 0 rings (SSSR count). The number of hydrogen-bond donors (Lipinski definition) is 1. The maximum Gasteiger partial charge on any atom is 0.0920 e. The highest BCUT2D eigenvalue weighted by molar-refractivity contribution is 4.67. The fourth-order valence-electron chi connectivity index (χ4n) is 2.73. The Kier molecular flexibility index (Phi) is 15.6. The highest BCUT2D eigenvalue weighted by atomic mass is 16.3. The lowest BCUT2D eigenvalue weighted by molar-refractivity contribution is 0.177. The van der Waals surface area contributed by atoms with Crippen LogP contribution in [0.25, 0.3) is 0 Å². The summed E-state index contributed by atoms with van der Waals surface area (Å²) in [5, 5.41) is 12.4. The van der Waals surface area contributed by atoms with Crippen molar-refractivity contribution in [1.29, 1.82) is 0 Å². The minimum Gasteiger partial charge on any atom is -0.393 e. The topological polar surface area (TPSA) is 49.7 Å². The average molecular weight is 299 g/mol. The summed E-state index contributed by atoms with van der Waals surface area (Å²) in [6, 6.07) is -0.0850. The van der Waals surface area contributed by atoms with Gasteiger partial charge in [-0.05, 0) is 26.2 Å². The van der Waals surface area contributed by atoms with Crippen LogP contribution in [-0.2, 0) is 0 Å². The van der Waals surface area contributed by atoms with Gasteiger partial charge in [0.1, 0.15) is 0 Å². The predicted octanol–water partition coefficient (Wildman–Crippen LogP) is 5.98. The van der Waals surface area contributed by atoms with E-state index in [2.05, 4.69) is 12.1 Å². The Hall–Kier alpha value is -0.440. The van der Waals surface area contributed by atoms with Gasteiger partial charge in [-0.3, -0.25) is 0 Å². The van der Waals surface area contributed by atoms with Crippen LogP contribution in [-0.4, -0.2) is 17.3 Å². The van der Waals surface area contributed by atoms with Crippen molar-refractivity contribution >= 4 is 0 Å². The van der Waals surface area contributed by atoms with Gasteiger partial charge in [0.25, 0.3) is 0 Å². The third kappa shape index (κ3) is 15.8. The molecular weight excluding hydrogens is 262 g/mol. The molecule has 0 bridgehead atoms. The number of hydrogen-bond acceptors (Lipinski definition) is 3. The summed E-state index contributed by atoms with van der Waals surface area (Å²) in [4.78, 5) is 10.7. The van der Waals surface area contributed by atoms with Crippen LogP contribution < -0.4 is 0 Å². The first-order chi connectivity index (χ1) is 10.2. The smallest absolute Gasteiger partial charge is 0.0920 e. The summed E-state index contributed by atoms with van der Waals surface area (Å²) in [7, 11) is 0. The zero-order chi connectivity index (χ0) is 15.8. The van der Waals surface area contributed by atoms with Crippen LogP contribution in [0.15, 0.2) is 5.18 Å². The van der Waals surface area contributed by atoms with Crippen LogP contribution in [0.1, 0.15) is 104 Å². The van der Waals surface area contributed by atoms with E-state index in [-0.39, 0.29) is 12.1 Å². The van der Waals surface area contributed by atoms with Crippen LogP contribution in [0.5, 0.6) is 0 Å². The summed E-state index contributed by atoms with van der Waals surface area (Å²) in [6.45, 7) is 4.03. The zero-order valence-corrected chi connectivity index (χ0v) is 14.4. The second-order valence-electron chi connectivity index (χ2n) is 6.51. The third-order valence-corrected chi connectivity index (χ3v) is 4.21. The molecule has 21 heavy (non-hydrogen) atoms. The number of nitroso groups, excluding NO2 is 1. The molecule has 0 aromatic rings. The largest absolute Gasteiger partial charge is 0.393 e. The van der Waals surface area contributed by atoms with Gasteiger partial charge in [-0.2, -0.15) is 4.91 Å². The quantitative estimate of drug-likeness (QED) is 0.281. The maximum absolute atomic E-state index is 10.7. The monoisotopic (exact) mass is 299 g/mol. The Morgan fingerprint density at radius 3 is 1.67 bits per heavy atom. The summed E-state index contributed by atoms with van der Waals surface area (Å²) in [5.41, 5.74) is 0. The molecular formula is C18H37NO2. The normalized spacial score (nSPS) is 14.0. The van der Waals surface area contributed by atoms with E-state index in [0.717, 1.165) is 19.3 Å². The van der Waals surface area contributed by atoms with Gasteiger partial charge in [0.2, 0.25) is 0 Å². The van der Waals surface area contributed by atoms with Gasteiger partial charge in [0.15, 0.2) is 0 Å². The SMILES string of the molecule is CCCCCCCCCCCCCC(CCC(C)O)N=O. The fraction of sp³-hybridized carbons (Fsp3) is 1.00. The van der Waals surface area contributed by atoms with Crippen molar-refractivity contribution in [3.8, 4) is 0 Å². The molecule has 0 spiro atoms. The molecule has 0 heterocycles. The van der Waals surface area contributed by atoms with E-state index in [4.69, 9.17) is 0 Å². The van der Waals surface area contributed by atoms with Gasteiger partial charge in [0.05, 0.1) is 12.1 Å². The molecule has 2 atom stereocenters. The van der Waals surface area contributed by atoms with Gasteiger partial charge in [-0.25, -0.2) is 0 Å². The van der Waals surface area contributed by atoms with Crippen LogP contribution >= 0.6 is 0 Å². The van der Waals surface area contributed by atoms with Crippen LogP contribution in [0.3, 0.4) is 0 Å². The molecule has 126 valence electrons. The lowest BCUT2D eigenvalue weighted by Gasteiger charge is -2.10. The molecule has 0 radical (unpaired) electrons. The van der Waals surface area contributed by atoms with Crippen LogP contribution in [0, 0.1) is 4.91 Å². The molecule has 0 aliphatic heterocycles. The van der Waals surface area contributed by atoms with Crippen molar-refractivity contribution in [3.05, 3.63) is 4.91 Å². The van der Waals surface area contributed by atoms with Gasteiger partial charge in [-0.1, -0.05) is 82.7 Å². The first-order valence-electron chi connectivity index (χ1n) is 9.21. The summed E-state index contributed by atoms with van der Waals surface area (Å²) < 4.78 is 0. The molecule has 2 unspecified atom stereocenters. The van der Waals surface area contributed by atoms with Crippen LogP contribution in [0.4, 0.5) is 0 Å². The molecule has 0 fully saturated rings. The van der Waals surface area contributed by atoms with Gasteiger partial charge in [-0.15, -0.1) is 0 Å². The van der Waals surface area contributed by atoms with Crippen molar-refractivity contribution in [3.63, 3.8) is 0 Å². The predicted molar refractivity (Wildman–Crippen MR) is 91.6 cm³/mol. The van der Waals surface area contributed by atoms with Crippen molar-refractivity contribution < 1.29 is 5.11 Å². The van der Waals surface area contributed by atoms with E-state index in [0.29, 0.717) is 6.42 Å². The first-order valence-corrected chi connectivity index (χ1v) is 9.21. The Morgan fingerprint density at radius 2 is 1.24 bits per heavy atom. The Bertz CT molecular complexity index is 219. The van der Waals surface area contributed by atoms with E-state index in [1.54, 1.807) is 6.92 Å². The molecule has 0 aliphatic rings. The molecule has 3 nitrogen and oxygen atoms in total. The molecule has 0 saturated carbocycles. The zero-order valence-electron chi connectivity index (χ0n) is 14.4. The number of nitrogens with zero attached hydrogens (tertiary/aromatic N) is 1. The van der Waals surface area contributed by atoms with Crippen molar-refractivity contribution in [2.24, 2.45) is 5.18 Å². The van der Waals surface area contributed by atoms with E-state index >= 15 is 0 Å². The van der Waals surface area contributed by atoms with Gasteiger partial charge in [0, 0.05) is 0 Å². The minimum atomic E-state index is -0.313. The van der Waals surface area contributed by atoms with Crippen molar-refractivity contribution in [2.45, 2.75) is 116 Å². The van der Waals surface area contributed by atoms with Crippen molar-refractivity contribution in [1.82, 2.24) is 0 Å². The minimum absolute atomic E-state index is 0.0850. The Labute approximate surface area is 131 Å². The summed E-state index contributed by atoms with van der Waals surface area (Å²) in [5.74, 6) is 0. The van der Waals surface area contributed by atoms with Gasteiger partial charge < -0.3 is 5.11 Å². The number of unbranched alkanes of at least 4 members (excludes halogenated alkanes) is 10. The van der Waals surface area contributed by atoms with Gasteiger partial charge >= 0.3 is 0 Å². The number of aliphatic hydroxyl groups is 1. The molecule has 0 amide bonds. The summed E-state index contributed by atoms with van der Waals surface area (Å²) >= 11 is 0. The lowest BCUT2D eigenvalue weighted by atomic mass is 10.0. The van der Waals surface area contributed by atoms with E-state index in [1.165, 1.54) is 64.2 Å². The molecule has 0 aliphatic carbocycles. The maximum atomic E-state index is 10.7. The second-order valence-corrected chi connectivity index (χ2v) is 6.51. The molecule has 3 heteroatoms. The average Bonchev–Trinajstić information content (AvgIpc) is 2.47. The van der Waals surface area contributed by atoms with E-state index in [9.17, 15) is 10.0 Å². The first kappa shape index (κ1) is 20.6. The Morgan fingerprint density at radius 1 is 0.762 bits per heavy atom. The molecule has 0 aromatic carbocycles. The summed E-state index contributed by atoms with van der Waals surface area (Å²) in [6.07, 6.45) is 16.6. The second kappa shape index (κ2) is 15.9. The van der Waals surface area contributed by atoms with Crippen molar-refractivity contribution in [2.75, 3.05) is 0 Å². The number of aliphatic hydroxyl groups excluding tert-OH is 1. The molecule has 0 saturated heterocycles. The van der Waals surface area contributed by atoms with E-state index < -0.39 is 0 Å². The lowest BCUT2D eigenvalue weighted by Crippen LogP contribution is -2.08. The molecule has 1 N–H and O–H groups in total. The number of rotatable bonds is 16. The van der Waals surface area contributed by atoms with Crippen LogP contribution in [0.2, 0.25) is 0 Å². The third-order valence-electron chi connectivity index (χ3n) is 4.21. The standard InChI is InChI=1S/C18H37NO2/c1-3-4-5-6-7-8-9-10-11-12-13-14-18(19-21)16-15-17(2)20/h17-18,20H,3-16H2,1-2H3. The highest BCUT2D eigenvalue weighted by Crippen LogP contribution is 2.15. The molecule has 0 aromatic heterocycles. The Balaban J connectivity index is 3.25.